The van der Waals surface area contributed by atoms with Crippen LogP contribution in [0.25, 0.3) is 0 Å². The molecule has 1 rings (SSSR count). The van der Waals surface area contributed by atoms with Gasteiger partial charge in [0.15, 0.2) is 0 Å². The van der Waals surface area contributed by atoms with Gasteiger partial charge in [0.25, 0.3) is 0 Å². The van der Waals surface area contributed by atoms with Crippen LogP contribution >= 0.6 is 13.5 Å². The van der Waals surface area contributed by atoms with Crippen molar-refractivity contribution in [2.75, 3.05) is 13.1 Å². The van der Waals surface area contributed by atoms with E-state index in [1.807, 2.05) is 18.7 Å². The Morgan fingerprint density at radius 1 is 1.33 bits per heavy atom. The lowest BCUT2D eigenvalue weighted by molar-refractivity contribution is -0.133. The third kappa shape index (κ3) is 4.45. The van der Waals surface area contributed by atoms with Gasteiger partial charge in [-0.15, -0.1) is 0 Å². The summed E-state index contributed by atoms with van der Waals surface area (Å²) in [5.41, 5.74) is 0. The van der Waals surface area contributed by atoms with Crippen LogP contribution in [0.5, 0.6) is 0 Å². The summed E-state index contributed by atoms with van der Waals surface area (Å²) in [7, 11) is 0. The summed E-state index contributed by atoms with van der Waals surface area (Å²) < 4.78 is 0. The first-order valence-corrected chi connectivity index (χ1v) is 5.79. The molecule has 2 nitrogen and oxygen atoms in total. The minimum absolute atomic E-state index is 0. The smallest absolute Gasteiger partial charge is 0.225 e. The van der Waals surface area contributed by atoms with Gasteiger partial charge < -0.3 is 4.90 Å². The van der Waals surface area contributed by atoms with Gasteiger partial charge >= 0.3 is 0 Å². The summed E-state index contributed by atoms with van der Waals surface area (Å²) in [6.45, 7) is 10.5. The number of amides is 1. The summed E-state index contributed by atoms with van der Waals surface area (Å²) in [6.07, 6.45) is 2.47. The van der Waals surface area contributed by atoms with E-state index in [9.17, 15) is 4.79 Å². The predicted molar refractivity (Wildman–Crippen MR) is 69.4 cm³/mol. The molecular weight excluding hydrogens is 206 g/mol. The summed E-state index contributed by atoms with van der Waals surface area (Å²) in [4.78, 5) is 13.7. The maximum atomic E-state index is 11.7. The Kier molecular flexibility index (Phi) is 6.34. The summed E-state index contributed by atoms with van der Waals surface area (Å²) >= 11 is 0. The Hall–Kier alpha value is -0.180. The zero-order valence-corrected chi connectivity index (χ0v) is 11.4. The zero-order chi connectivity index (χ0) is 10.7. The molecule has 3 heteroatoms. The van der Waals surface area contributed by atoms with Crippen LogP contribution in [0.15, 0.2) is 0 Å². The van der Waals surface area contributed by atoms with Gasteiger partial charge in [-0.2, -0.15) is 13.5 Å². The highest BCUT2D eigenvalue weighted by molar-refractivity contribution is 7.59. The maximum absolute atomic E-state index is 11.7. The molecule has 0 unspecified atom stereocenters. The molecule has 0 aromatic heterocycles. The predicted octanol–water partition coefficient (Wildman–Crippen LogP) is 2.65. The molecule has 1 amide bonds. The molecule has 1 aliphatic heterocycles. The standard InChI is InChI=1S/C12H23NO.H2S/c1-9(2)7-11-5-6-13(8-11)12(14)10(3)4;/h9-11H,5-8H2,1-4H3;1H2/t11-;/m1./s1. The molecule has 1 fully saturated rings. The second-order valence-corrected chi connectivity index (χ2v) is 5.22. The fourth-order valence-corrected chi connectivity index (χ4v) is 2.26. The third-order valence-electron chi connectivity index (χ3n) is 2.90. The van der Waals surface area contributed by atoms with E-state index in [0.29, 0.717) is 5.91 Å². The van der Waals surface area contributed by atoms with E-state index in [0.717, 1.165) is 24.9 Å². The van der Waals surface area contributed by atoms with Crippen LogP contribution in [0, 0.1) is 17.8 Å². The van der Waals surface area contributed by atoms with Crippen LogP contribution in [0.3, 0.4) is 0 Å². The van der Waals surface area contributed by atoms with Gasteiger partial charge in [0.2, 0.25) is 5.91 Å². The van der Waals surface area contributed by atoms with Crippen molar-refractivity contribution in [1.82, 2.24) is 4.90 Å². The number of carbonyl (C=O) groups excluding carboxylic acids is 1. The molecule has 1 aliphatic rings. The molecule has 0 saturated carbocycles. The average molecular weight is 231 g/mol. The van der Waals surface area contributed by atoms with Gasteiger partial charge in [0.05, 0.1) is 0 Å². The van der Waals surface area contributed by atoms with Crippen LogP contribution in [-0.4, -0.2) is 23.9 Å². The number of carbonyl (C=O) groups is 1. The van der Waals surface area contributed by atoms with Crippen LogP contribution in [0.1, 0.15) is 40.5 Å². The Morgan fingerprint density at radius 2 is 1.93 bits per heavy atom. The average Bonchev–Trinajstić information content (AvgIpc) is 2.50. The quantitative estimate of drug-likeness (QED) is 0.731. The fraction of sp³-hybridized carbons (Fsp3) is 0.917. The Labute approximate surface area is 101 Å². The van der Waals surface area contributed by atoms with Gasteiger partial charge in [-0.25, -0.2) is 0 Å². The van der Waals surface area contributed by atoms with Crippen molar-refractivity contribution in [3.8, 4) is 0 Å². The molecule has 0 aromatic rings. The molecule has 1 heterocycles. The molecular formula is C12H25NOS. The van der Waals surface area contributed by atoms with Crippen LogP contribution < -0.4 is 0 Å². The second-order valence-electron chi connectivity index (χ2n) is 5.22. The number of rotatable bonds is 3. The van der Waals surface area contributed by atoms with Crippen molar-refractivity contribution < 1.29 is 4.79 Å². The highest BCUT2D eigenvalue weighted by atomic mass is 32.1. The topological polar surface area (TPSA) is 20.3 Å². The van der Waals surface area contributed by atoms with Gasteiger partial charge in [0, 0.05) is 19.0 Å². The molecule has 15 heavy (non-hydrogen) atoms. The van der Waals surface area contributed by atoms with E-state index < -0.39 is 0 Å². The molecule has 90 valence electrons. The Balaban J connectivity index is 0.00000196. The van der Waals surface area contributed by atoms with Crippen LogP contribution in [-0.2, 0) is 4.79 Å². The normalized spacial score (nSPS) is 20.9. The van der Waals surface area contributed by atoms with Gasteiger partial charge in [-0.3, -0.25) is 4.79 Å². The van der Waals surface area contributed by atoms with E-state index in [2.05, 4.69) is 13.8 Å². The van der Waals surface area contributed by atoms with Crippen molar-refractivity contribution >= 4 is 19.4 Å². The maximum Gasteiger partial charge on any atom is 0.225 e. The van der Waals surface area contributed by atoms with Crippen LogP contribution in [0.2, 0.25) is 0 Å². The lowest BCUT2D eigenvalue weighted by Crippen LogP contribution is -2.32. The molecule has 1 atom stereocenters. The first-order chi connectivity index (χ1) is 6.50. The summed E-state index contributed by atoms with van der Waals surface area (Å²) in [6, 6.07) is 0. The van der Waals surface area contributed by atoms with E-state index in [1.165, 1.54) is 12.8 Å². The third-order valence-corrected chi connectivity index (χ3v) is 2.90. The molecule has 0 bridgehead atoms. The number of nitrogens with zero attached hydrogens (tertiary/aromatic N) is 1. The highest BCUT2D eigenvalue weighted by Crippen LogP contribution is 2.24. The zero-order valence-electron chi connectivity index (χ0n) is 10.4. The molecule has 0 aromatic carbocycles. The van der Waals surface area contributed by atoms with E-state index in [-0.39, 0.29) is 19.4 Å². The monoisotopic (exact) mass is 231 g/mol. The highest BCUT2D eigenvalue weighted by Gasteiger charge is 2.27. The first kappa shape index (κ1) is 14.8. The SMILES string of the molecule is CC(C)C[C@H]1CCN(C(=O)C(C)C)C1.S. The minimum Gasteiger partial charge on any atom is -0.342 e. The van der Waals surface area contributed by atoms with Crippen molar-refractivity contribution in [3.05, 3.63) is 0 Å². The number of hydrogen-bond donors (Lipinski definition) is 0. The summed E-state index contributed by atoms with van der Waals surface area (Å²) in [5, 5.41) is 0. The summed E-state index contributed by atoms with van der Waals surface area (Å²) in [5.74, 6) is 2.00. The van der Waals surface area contributed by atoms with E-state index in [4.69, 9.17) is 0 Å². The van der Waals surface area contributed by atoms with Crippen molar-refractivity contribution in [2.45, 2.75) is 40.5 Å². The molecule has 1 saturated heterocycles. The number of hydrogen-bond acceptors (Lipinski definition) is 1. The molecule has 0 radical (unpaired) electrons. The fourth-order valence-electron chi connectivity index (χ4n) is 2.26. The van der Waals surface area contributed by atoms with Crippen molar-refractivity contribution in [1.29, 1.82) is 0 Å². The first-order valence-electron chi connectivity index (χ1n) is 5.79. The van der Waals surface area contributed by atoms with Gasteiger partial charge in [0.1, 0.15) is 0 Å². The lowest BCUT2D eigenvalue weighted by Gasteiger charge is -2.19. The Morgan fingerprint density at radius 3 is 2.40 bits per heavy atom. The lowest BCUT2D eigenvalue weighted by atomic mass is 9.97. The molecule has 0 aliphatic carbocycles. The van der Waals surface area contributed by atoms with Crippen molar-refractivity contribution in [2.24, 2.45) is 17.8 Å². The van der Waals surface area contributed by atoms with E-state index >= 15 is 0 Å². The van der Waals surface area contributed by atoms with Gasteiger partial charge in [-0.1, -0.05) is 27.7 Å². The van der Waals surface area contributed by atoms with Gasteiger partial charge in [-0.05, 0) is 24.7 Å². The largest absolute Gasteiger partial charge is 0.342 e. The van der Waals surface area contributed by atoms with E-state index in [1.54, 1.807) is 0 Å². The number of likely N-dealkylation sites (tertiary alicyclic amines) is 1. The van der Waals surface area contributed by atoms with Crippen LogP contribution in [0.4, 0.5) is 0 Å². The van der Waals surface area contributed by atoms with Crippen molar-refractivity contribution in [3.63, 3.8) is 0 Å². The Bertz CT molecular complexity index is 204. The molecule has 0 N–H and O–H groups in total. The minimum atomic E-state index is 0. The second kappa shape index (κ2) is 6.41. The molecule has 0 spiro atoms.